The van der Waals surface area contributed by atoms with Crippen LogP contribution in [0.5, 0.6) is 0 Å². The number of nitrogens with one attached hydrogen (secondary N) is 3. The van der Waals surface area contributed by atoms with E-state index in [1.807, 2.05) is 0 Å². The first-order chi connectivity index (χ1) is 15.3. The highest BCUT2D eigenvalue weighted by atomic mass is 16.4. The molecule has 0 rings (SSSR count). The molecule has 0 saturated heterocycles. The molecular formula is C21H39N5O7. The van der Waals surface area contributed by atoms with E-state index in [9.17, 15) is 29.1 Å². The zero-order chi connectivity index (χ0) is 25.7. The molecule has 0 aliphatic carbocycles. The van der Waals surface area contributed by atoms with Gasteiger partial charge >= 0.3 is 11.9 Å². The van der Waals surface area contributed by atoms with Crippen LogP contribution in [0, 0.1) is 11.8 Å². The van der Waals surface area contributed by atoms with Crippen molar-refractivity contribution in [1.29, 1.82) is 0 Å². The van der Waals surface area contributed by atoms with Crippen LogP contribution in [0.15, 0.2) is 0 Å². The summed E-state index contributed by atoms with van der Waals surface area (Å²) in [5.74, 6) is -5.05. The van der Waals surface area contributed by atoms with E-state index >= 15 is 0 Å². The quantitative estimate of drug-likeness (QED) is 0.139. The van der Waals surface area contributed by atoms with Crippen LogP contribution in [-0.2, 0) is 24.0 Å². The lowest BCUT2D eigenvalue weighted by Crippen LogP contribution is -2.57. The molecule has 0 radical (unpaired) electrons. The molecule has 0 fully saturated rings. The van der Waals surface area contributed by atoms with Crippen molar-refractivity contribution in [3.8, 4) is 0 Å². The molecule has 12 heteroatoms. The van der Waals surface area contributed by atoms with Gasteiger partial charge in [0.15, 0.2) is 0 Å². The molecule has 0 aromatic heterocycles. The smallest absolute Gasteiger partial charge is 0.326 e. The molecule has 4 atom stereocenters. The molecule has 9 N–H and O–H groups in total. The van der Waals surface area contributed by atoms with Gasteiger partial charge in [-0.1, -0.05) is 27.7 Å². The molecule has 0 spiro atoms. The number of nitrogens with two attached hydrogens (primary N) is 2. The molecule has 33 heavy (non-hydrogen) atoms. The summed E-state index contributed by atoms with van der Waals surface area (Å²) >= 11 is 0. The van der Waals surface area contributed by atoms with Crippen molar-refractivity contribution in [1.82, 2.24) is 16.0 Å². The second-order valence-corrected chi connectivity index (χ2v) is 8.80. The van der Waals surface area contributed by atoms with E-state index < -0.39 is 60.2 Å². The van der Waals surface area contributed by atoms with Crippen molar-refractivity contribution in [2.24, 2.45) is 23.3 Å². The monoisotopic (exact) mass is 473 g/mol. The predicted octanol–water partition coefficient (Wildman–Crippen LogP) is -0.841. The van der Waals surface area contributed by atoms with Crippen molar-refractivity contribution in [3.05, 3.63) is 0 Å². The van der Waals surface area contributed by atoms with Gasteiger partial charge in [0.2, 0.25) is 17.7 Å². The molecule has 4 unspecified atom stereocenters. The maximum Gasteiger partial charge on any atom is 0.326 e. The Bertz CT molecular complexity index is 684. The summed E-state index contributed by atoms with van der Waals surface area (Å²) in [4.78, 5) is 60.3. The molecular weight excluding hydrogens is 434 g/mol. The fraction of sp³-hybridized carbons (Fsp3) is 0.762. The maximum absolute atomic E-state index is 13.0. The van der Waals surface area contributed by atoms with Gasteiger partial charge in [0.25, 0.3) is 0 Å². The Morgan fingerprint density at radius 3 is 1.76 bits per heavy atom. The lowest BCUT2D eigenvalue weighted by Gasteiger charge is -2.26. The van der Waals surface area contributed by atoms with Crippen LogP contribution in [-0.4, -0.2) is 70.6 Å². The Morgan fingerprint density at radius 1 is 0.788 bits per heavy atom. The summed E-state index contributed by atoms with van der Waals surface area (Å²) in [5, 5.41) is 25.4. The van der Waals surface area contributed by atoms with Gasteiger partial charge in [0, 0.05) is 0 Å². The summed E-state index contributed by atoms with van der Waals surface area (Å²) in [7, 11) is 0. The van der Waals surface area contributed by atoms with Crippen molar-refractivity contribution in [2.75, 3.05) is 6.54 Å². The Morgan fingerprint density at radius 2 is 1.30 bits per heavy atom. The normalized spacial score (nSPS) is 14.8. The largest absolute Gasteiger partial charge is 0.481 e. The number of carboxylic acids is 2. The summed E-state index contributed by atoms with van der Waals surface area (Å²) in [6.07, 6.45) is 0.806. The SMILES string of the molecule is CC(C)CC(NC(=O)C(CCCCN)NC(=O)C(N)C(C)C)C(=O)NC(CC(=O)O)C(=O)O. The van der Waals surface area contributed by atoms with E-state index in [1.165, 1.54) is 0 Å². The minimum Gasteiger partial charge on any atom is -0.481 e. The minimum atomic E-state index is -1.65. The molecule has 0 aliphatic heterocycles. The Hall–Kier alpha value is -2.73. The highest BCUT2D eigenvalue weighted by Crippen LogP contribution is 2.09. The molecule has 12 nitrogen and oxygen atoms in total. The number of carboxylic acid groups (broad SMARTS) is 2. The summed E-state index contributed by atoms with van der Waals surface area (Å²) in [6, 6.07) is -4.56. The first-order valence-corrected chi connectivity index (χ1v) is 11.1. The molecule has 3 amide bonds. The molecule has 0 heterocycles. The number of unbranched alkanes of at least 4 members (excludes halogenated alkanes) is 1. The van der Waals surface area contributed by atoms with E-state index in [0.29, 0.717) is 19.4 Å². The Balaban J connectivity index is 5.53. The second-order valence-electron chi connectivity index (χ2n) is 8.80. The van der Waals surface area contributed by atoms with Crippen LogP contribution >= 0.6 is 0 Å². The van der Waals surface area contributed by atoms with Crippen LogP contribution in [0.25, 0.3) is 0 Å². The highest BCUT2D eigenvalue weighted by Gasteiger charge is 2.31. The third-order valence-corrected chi connectivity index (χ3v) is 4.93. The average molecular weight is 474 g/mol. The first-order valence-electron chi connectivity index (χ1n) is 11.1. The number of carbonyl (C=O) groups excluding carboxylic acids is 3. The fourth-order valence-corrected chi connectivity index (χ4v) is 2.95. The van der Waals surface area contributed by atoms with Crippen LogP contribution in [0.1, 0.15) is 59.8 Å². The topological polar surface area (TPSA) is 214 Å². The molecule has 0 aromatic carbocycles. The zero-order valence-electron chi connectivity index (χ0n) is 19.8. The molecule has 0 bridgehead atoms. The predicted molar refractivity (Wildman–Crippen MR) is 121 cm³/mol. The van der Waals surface area contributed by atoms with Crippen LogP contribution in [0.3, 0.4) is 0 Å². The molecule has 0 aliphatic rings. The van der Waals surface area contributed by atoms with Crippen LogP contribution in [0.2, 0.25) is 0 Å². The standard InChI is InChI=1S/C21H39N5O7/c1-11(2)9-14(19(30)26-15(21(32)33)10-16(27)28)25-18(29)13(7-5-6-8-22)24-20(31)17(23)12(3)4/h11-15,17H,5-10,22-23H2,1-4H3,(H,24,31)(H,25,29)(H,26,30)(H,27,28)(H,32,33). The number of aliphatic carboxylic acids is 2. The third kappa shape index (κ3) is 12.2. The first kappa shape index (κ1) is 30.3. The van der Waals surface area contributed by atoms with Gasteiger partial charge in [-0.25, -0.2) is 4.79 Å². The van der Waals surface area contributed by atoms with Crippen molar-refractivity contribution in [3.63, 3.8) is 0 Å². The number of carbonyl (C=O) groups is 5. The van der Waals surface area contributed by atoms with Crippen molar-refractivity contribution >= 4 is 29.7 Å². The van der Waals surface area contributed by atoms with Gasteiger partial charge in [0.05, 0.1) is 12.5 Å². The van der Waals surface area contributed by atoms with Crippen LogP contribution < -0.4 is 27.4 Å². The summed E-state index contributed by atoms with van der Waals surface area (Å²) in [5.41, 5.74) is 11.4. The van der Waals surface area contributed by atoms with Gasteiger partial charge in [-0.3, -0.25) is 19.2 Å². The van der Waals surface area contributed by atoms with E-state index in [1.54, 1.807) is 27.7 Å². The summed E-state index contributed by atoms with van der Waals surface area (Å²) < 4.78 is 0. The fourth-order valence-electron chi connectivity index (χ4n) is 2.95. The van der Waals surface area contributed by atoms with Gasteiger partial charge in [-0.15, -0.1) is 0 Å². The maximum atomic E-state index is 13.0. The van der Waals surface area contributed by atoms with E-state index in [0.717, 1.165) is 0 Å². The molecule has 190 valence electrons. The third-order valence-electron chi connectivity index (χ3n) is 4.93. The van der Waals surface area contributed by atoms with Gasteiger partial charge < -0.3 is 37.6 Å². The number of hydrogen-bond donors (Lipinski definition) is 7. The Kier molecular flexibility index (Phi) is 13.9. The van der Waals surface area contributed by atoms with E-state index in [2.05, 4.69) is 16.0 Å². The van der Waals surface area contributed by atoms with Crippen LogP contribution in [0.4, 0.5) is 0 Å². The minimum absolute atomic E-state index is 0.0524. The Labute approximate surface area is 194 Å². The number of rotatable bonds is 16. The number of hydrogen-bond acceptors (Lipinski definition) is 7. The van der Waals surface area contributed by atoms with Gasteiger partial charge in [-0.2, -0.15) is 0 Å². The van der Waals surface area contributed by atoms with E-state index in [4.69, 9.17) is 16.6 Å². The number of amides is 3. The molecule has 0 aromatic rings. The van der Waals surface area contributed by atoms with Crippen molar-refractivity contribution < 1.29 is 34.2 Å². The highest BCUT2D eigenvalue weighted by molar-refractivity contribution is 5.94. The van der Waals surface area contributed by atoms with Gasteiger partial charge in [0.1, 0.15) is 18.1 Å². The summed E-state index contributed by atoms with van der Waals surface area (Å²) in [6.45, 7) is 7.56. The van der Waals surface area contributed by atoms with Gasteiger partial charge in [-0.05, 0) is 44.1 Å². The lowest BCUT2D eigenvalue weighted by molar-refractivity contribution is -0.147. The van der Waals surface area contributed by atoms with E-state index in [-0.39, 0.29) is 24.7 Å². The average Bonchev–Trinajstić information content (AvgIpc) is 2.70. The molecule has 0 saturated carbocycles. The zero-order valence-corrected chi connectivity index (χ0v) is 19.8. The second kappa shape index (κ2) is 15.2. The van der Waals surface area contributed by atoms with Crippen molar-refractivity contribution in [2.45, 2.75) is 84.0 Å². The lowest BCUT2D eigenvalue weighted by atomic mass is 10.0.